The number of nitrogens with zero attached hydrogens (tertiary/aromatic N) is 3. The van der Waals surface area contributed by atoms with Crippen LogP contribution in [0.15, 0.2) is 21.8 Å². The lowest BCUT2D eigenvalue weighted by atomic mass is 9.98. The number of fused-ring (bicyclic) bond motifs is 1. The molecule has 1 saturated heterocycles. The molecule has 1 unspecified atom stereocenters. The summed E-state index contributed by atoms with van der Waals surface area (Å²) < 4.78 is 15.1. The topological polar surface area (TPSA) is 189 Å². The normalized spacial score (nSPS) is 19.2. The Balaban J connectivity index is 1.77. The lowest BCUT2D eigenvalue weighted by Crippen LogP contribution is -2.71. The van der Waals surface area contributed by atoms with Crippen molar-refractivity contribution in [3.63, 3.8) is 0 Å². The summed E-state index contributed by atoms with van der Waals surface area (Å²) in [7, 11) is 1.25. The molecule has 206 valence electrons. The molecular formula is C22H27N5O9S2. The molecule has 0 bridgehead atoms. The number of anilines is 1. The maximum atomic E-state index is 13.1. The fourth-order valence-electron chi connectivity index (χ4n) is 3.29. The minimum Gasteiger partial charge on any atom is -0.461 e. The summed E-state index contributed by atoms with van der Waals surface area (Å²) >= 11 is 2.35. The SMILES string of the molecule is CON=C(C(=O)NC1C(=O)N2C(C(=O)OCOC(=O)C(C)(C)C)=C(COC(C)=O)CS[C@H]12)c1csc(N)n1. The standard InChI is InChI=1S/C22H27N5O9S2/c1-10(28)34-6-11-7-37-18-14(25-16(29)13(26-33-5)12-8-38-21(23)24-12)17(30)27(18)15(11)19(31)35-9-36-20(32)22(2,3)4/h8,14,18H,6-7,9H2,1-5H3,(H2,23,24)(H,25,29)/t14?,18-/m1/s1. The Morgan fingerprint density at radius 3 is 2.53 bits per heavy atom. The van der Waals surface area contributed by atoms with E-state index in [2.05, 4.69) is 15.5 Å². The second kappa shape index (κ2) is 11.8. The third-order valence-corrected chi connectivity index (χ3v) is 7.15. The molecule has 16 heteroatoms. The molecule has 0 radical (unpaired) electrons. The van der Waals surface area contributed by atoms with Gasteiger partial charge in [0.15, 0.2) is 10.8 Å². The zero-order valence-corrected chi connectivity index (χ0v) is 22.9. The molecule has 3 heterocycles. The first kappa shape index (κ1) is 28.9. The first-order valence-corrected chi connectivity index (χ1v) is 13.1. The van der Waals surface area contributed by atoms with Crippen molar-refractivity contribution in [2.45, 2.75) is 39.1 Å². The average molecular weight is 570 g/mol. The number of thioether (sulfide) groups is 1. The number of carbonyl (C=O) groups is 5. The molecule has 2 amide bonds. The summed E-state index contributed by atoms with van der Waals surface area (Å²) in [6.07, 6.45) is 0. The highest BCUT2D eigenvalue weighted by Gasteiger charge is 2.55. The highest BCUT2D eigenvalue weighted by molar-refractivity contribution is 8.00. The van der Waals surface area contributed by atoms with Crippen LogP contribution >= 0.6 is 23.1 Å². The number of hydrogen-bond acceptors (Lipinski definition) is 14. The third kappa shape index (κ3) is 6.42. The summed E-state index contributed by atoms with van der Waals surface area (Å²) in [6, 6.07) is -1.01. The molecule has 1 fully saturated rings. The Morgan fingerprint density at radius 2 is 1.95 bits per heavy atom. The fourth-order valence-corrected chi connectivity index (χ4v) is 5.17. The predicted octanol–water partition coefficient (Wildman–Crippen LogP) is 0.383. The smallest absolute Gasteiger partial charge is 0.358 e. The van der Waals surface area contributed by atoms with E-state index in [1.807, 2.05) is 0 Å². The number of rotatable bonds is 9. The quantitative estimate of drug-likeness (QED) is 0.137. The molecule has 3 N–H and O–H groups in total. The summed E-state index contributed by atoms with van der Waals surface area (Å²) in [5, 5.41) is 7.35. The Kier molecular flexibility index (Phi) is 8.98. The van der Waals surface area contributed by atoms with Crippen molar-refractivity contribution in [3.8, 4) is 0 Å². The summed E-state index contributed by atoms with van der Waals surface area (Å²) in [5.74, 6) is -3.26. The first-order chi connectivity index (χ1) is 17.8. The number of nitrogens with two attached hydrogens (primary N) is 1. The van der Waals surface area contributed by atoms with Crippen molar-refractivity contribution in [1.29, 1.82) is 0 Å². The Hall–Kier alpha value is -3.66. The number of thiazole rings is 1. The van der Waals surface area contributed by atoms with Gasteiger partial charge in [-0.1, -0.05) is 5.16 Å². The van der Waals surface area contributed by atoms with Crippen LogP contribution in [0.1, 0.15) is 33.4 Å². The van der Waals surface area contributed by atoms with Crippen LogP contribution in [0, 0.1) is 5.41 Å². The van der Waals surface area contributed by atoms with Gasteiger partial charge in [-0.05, 0) is 20.8 Å². The van der Waals surface area contributed by atoms with Gasteiger partial charge in [0.25, 0.3) is 11.8 Å². The van der Waals surface area contributed by atoms with Gasteiger partial charge in [-0.25, -0.2) is 9.78 Å². The van der Waals surface area contributed by atoms with Gasteiger partial charge in [-0.15, -0.1) is 23.1 Å². The molecule has 0 spiro atoms. The van der Waals surface area contributed by atoms with Crippen LogP contribution in [0.4, 0.5) is 5.13 Å². The van der Waals surface area contributed by atoms with E-state index in [9.17, 15) is 24.0 Å². The van der Waals surface area contributed by atoms with Crippen LogP contribution in [-0.4, -0.2) is 83.0 Å². The highest BCUT2D eigenvalue weighted by Crippen LogP contribution is 2.40. The van der Waals surface area contributed by atoms with Crippen LogP contribution < -0.4 is 11.1 Å². The first-order valence-electron chi connectivity index (χ1n) is 11.1. The van der Waals surface area contributed by atoms with Gasteiger partial charge in [0.05, 0.1) is 5.41 Å². The zero-order chi connectivity index (χ0) is 28.2. The largest absolute Gasteiger partial charge is 0.461 e. The van der Waals surface area contributed by atoms with Crippen molar-refractivity contribution in [2.24, 2.45) is 10.6 Å². The van der Waals surface area contributed by atoms with Crippen molar-refractivity contribution < 1.29 is 43.0 Å². The van der Waals surface area contributed by atoms with E-state index < -0.39 is 53.3 Å². The molecule has 2 aliphatic heterocycles. The Morgan fingerprint density at radius 1 is 1.24 bits per heavy atom. The van der Waals surface area contributed by atoms with E-state index in [1.54, 1.807) is 20.8 Å². The fraction of sp³-hybridized carbons (Fsp3) is 0.500. The number of carbonyl (C=O) groups excluding carboxylic acids is 5. The van der Waals surface area contributed by atoms with Gasteiger partial charge >= 0.3 is 17.9 Å². The number of amides is 2. The van der Waals surface area contributed by atoms with E-state index in [0.29, 0.717) is 5.57 Å². The molecule has 14 nitrogen and oxygen atoms in total. The molecule has 0 aliphatic carbocycles. The van der Waals surface area contributed by atoms with Crippen LogP contribution in [0.5, 0.6) is 0 Å². The van der Waals surface area contributed by atoms with Gasteiger partial charge in [0, 0.05) is 23.6 Å². The van der Waals surface area contributed by atoms with Gasteiger partial charge in [-0.3, -0.25) is 24.1 Å². The molecular weight excluding hydrogens is 542 g/mol. The predicted molar refractivity (Wildman–Crippen MR) is 135 cm³/mol. The van der Waals surface area contributed by atoms with Crippen LogP contribution in [-0.2, 0) is 43.0 Å². The maximum absolute atomic E-state index is 13.1. The third-order valence-electron chi connectivity index (χ3n) is 5.13. The Bertz CT molecular complexity index is 1200. The molecule has 38 heavy (non-hydrogen) atoms. The molecule has 1 aromatic rings. The van der Waals surface area contributed by atoms with E-state index in [1.165, 1.54) is 31.2 Å². The second-order valence-electron chi connectivity index (χ2n) is 9.02. The van der Waals surface area contributed by atoms with Gasteiger partial charge in [-0.2, -0.15) is 0 Å². The van der Waals surface area contributed by atoms with E-state index >= 15 is 0 Å². The molecule has 1 aromatic heterocycles. The van der Waals surface area contributed by atoms with Crippen molar-refractivity contribution in [3.05, 3.63) is 22.3 Å². The number of oxime groups is 1. The van der Waals surface area contributed by atoms with Crippen LogP contribution in [0.25, 0.3) is 0 Å². The molecule has 0 saturated carbocycles. The molecule has 2 atom stereocenters. The van der Waals surface area contributed by atoms with Crippen LogP contribution in [0.3, 0.4) is 0 Å². The van der Waals surface area contributed by atoms with Crippen LogP contribution in [0.2, 0.25) is 0 Å². The number of nitrogens with one attached hydrogen (secondary N) is 1. The maximum Gasteiger partial charge on any atom is 0.358 e. The number of hydrogen-bond donors (Lipinski definition) is 2. The number of ether oxygens (including phenoxy) is 3. The van der Waals surface area contributed by atoms with E-state index in [0.717, 1.165) is 16.2 Å². The van der Waals surface area contributed by atoms with Gasteiger partial charge < -0.3 is 30.1 Å². The average Bonchev–Trinajstić information content (AvgIpc) is 3.28. The second-order valence-corrected chi connectivity index (χ2v) is 11.0. The lowest BCUT2D eigenvalue weighted by molar-refractivity contribution is -0.173. The van der Waals surface area contributed by atoms with Crippen molar-refractivity contribution in [1.82, 2.24) is 15.2 Å². The van der Waals surface area contributed by atoms with Crippen molar-refractivity contribution in [2.75, 3.05) is 32.0 Å². The van der Waals surface area contributed by atoms with E-state index in [-0.39, 0.29) is 34.6 Å². The van der Waals surface area contributed by atoms with Gasteiger partial charge in [0.1, 0.15) is 36.5 Å². The highest BCUT2D eigenvalue weighted by atomic mass is 32.2. The Labute approximate surface area is 225 Å². The zero-order valence-electron chi connectivity index (χ0n) is 21.3. The minimum atomic E-state index is -1.01. The monoisotopic (exact) mass is 569 g/mol. The molecule has 3 rings (SSSR count). The number of esters is 3. The summed E-state index contributed by atoms with van der Waals surface area (Å²) in [5.41, 5.74) is 5.00. The van der Waals surface area contributed by atoms with Gasteiger partial charge in [0.2, 0.25) is 6.79 Å². The van der Waals surface area contributed by atoms with E-state index in [4.69, 9.17) is 24.8 Å². The number of nitrogen functional groups attached to an aromatic ring is 1. The minimum absolute atomic E-state index is 0.143. The molecule has 0 aromatic carbocycles. The van der Waals surface area contributed by atoms with Crippen molar-refractivity contribution >= 4 is 63.7 Å². The summed E-state index contributed by atoms with van der Waals surface area (Å²) in [4.78, 5) is 72.3. The lowest BCUT2D eigenvalue weighted by Gasteiger charge is -2.49. The summed E-state index contributed by atoms with van der Waals surface area (Å²) in [6.45, 7) is 5.20. The number of β-lactam (4-membered cyclic amide) rings is 1. The molecule has 2 aliphatic rings. The number of aromatic nitrogens is 1.